The van der Waals surface area contributed by atoms with E-state index in [-0.39, 0.29) is 29.3 Å². The Kier molecular flexibility index (Phi) is 4.90. The normalized spacial score (nSPS) is 49.5. The Morgan fingerprint density at radius 2 is 2.17 bits per heavy atom. The second-order valence-electron chi connectivity index (χ2n) is 8.25. The van der Waals surface area contributed by atoms with Gasteiger partial charge in [0.25, 0.3) is 0 Å². The molecule has 1 saturated heterocycles. The van der Waals surface area contributed by atoms with Gasteiger partial charge in [0.05, 0.1) is 18.3 Å². The molecule has 6 atom stereocenters. The Morgan fingerprint density at radius 3 is 2.87 bits per heavy atom. The first-order valence-electron chi connectivity index (χ1n) is 9.03. The van der Waals surface area contributed by atoms with Gasteiger partial charge in [-0.05, 0) is 51.4 Å². The van der Waals surface area contributed by atoms with E-state index in [1.54, 1.807) is 7.11 Å². The first-order chi connectivity index (χ1) is 10.9. The van der Waals surface area contributed by atoms with Crippen LogP contribution in [0.5, 0.6) is 0 Å². The summed E-state index contributed by atoms with van der Waals surface area (Å²) in [6.45, 7) is 7.04. The number of aliphatic hydroxyl groups is 1. The molecule has 1 N–H and O–H groups in total. The van der Waals surface area contributed by atoms with Crippen LogP contribution in [0.3, 0.4) is 0 Å². The Bertz CT molecular complexity index is 462. The van der Waals surface area contributed by atoms with Crippen molar-refractivity contribution in [3.05, 3.63) is 11.6 Å². The molecule has 132 valence electrons. The number of hydrogen-bond acceptors (Lipinski definition) is 4. The molecule has 0 aromatic rings. The third-order valence-corrected chi connectivity index (χ3v) is 6.32. The summed E-state index contributed by atoms with van der Waals surface area (Å²) in [5.74, 6) is 0.404. The van der Waals surface area contributed by atoms with E-state index in [1.165, 1.54) is 5.57 Å². The second-order valence-corrected chi connectivity index (χ2v) is 8.25. The zero-order chi connectivity index (χ0) is 16.7. The third kappa shape index (κ3) is 3.11. The lowest BCUT2D eigenvalue weighted by molar-refractivity contribution is -0.0803. The molecule has 1 heterocycles. The standard InChI is InChI=1S/C19H32O4/c1-13-5-7-18(3)8-6-17-19(18,23-17)16(20)11-14(2)10-15(9-13)22-12-21-4/h5,14-17,20H,6-12H2,1-4H3/b13-5-/t14-,15+,16+,17-,18-,19-/m1/s1. The molecule has 0 bridgehead atoms. The van der Waals surface area contributed by atoms with Crippen molar-refractivity contribution in [3.63, 3.8) is 0 Å². The fraction of sp³-hybridized carbons (Fsp3) is 0.895. The molecule has 0 aromatic heterocycles. The zero-order valence-electron chi connectivity index (χ0n) is 15.0. The summed E-state index contributed by atoms with van der Waals surface area (Å²) in [5, 5.41) is 10.9. The van der Waals surface area contributed by atoms with Gasteiger partial charge in [0.15, 0.2) is 0 Å². The summed E-state index contributed by atoms with van der Waals surface area (Å²) in [6.07, 6.45) is 8.31. The molecule has 1 saturated carbocycles. The van der Waals surface area contributed by atoms with Crippen molar-refractivity contribution < 1.29 is 19.3 Å². The molecule has 0 aromatic carbocycles. The molecule has 4 heteroatoms. The summed E-state index contributed by atoms with van der Waals surface area (Å²) in [5.41, 5.74) is 1.13. The second kappa shape index (κ2) is 6.47. The Hall–Kier alpha value is -0.420. The predicted molar refractivity (Wildman–Crippen MR) is 89.1 cm³/mol. The van der Waals surface area contributed by atoms with Crippen LogP contribution in [-0.2, 0) is 14.2 Å². The van der Waals surface area contributed by atoms with Crippen LogP contribution in [0.25, 0.3) is 0 Å². The molecular weight excluding hydrogens is 292 g/mol. The van der Waals surface area contributed by atoms with E-state index in [0.29, 0.717) is 12.7 Å². The van der Waals surface area contributed by atoms with Crippen LogP contribution in [0.15, 0.2) is 11.6 Å². The van der Waals surface area contributed by atoms with Crippen molar-refractivity contribution in [1.29, 1.82) is 0 Å². The van der Waals surface area contributed by atoms with E-state index in [0.717, 1.165) is 38.5 Å². The zero-order valence-corrected chi connectivity index (χ0v) is 15.0. The maximum atomic E-state index is 10.9. The number of epoxide rings is 1. The van der Waals surface area contributed by atoms with Gasteiger partial charge in [-0.1, -0.05) is 25.5 Å². The van der Waals surface area contributed by atoms with Crippen LogP contribution in [-0.4, -0.2) is 42.9 Å². The molecule has 2 aliphatic carbocycles. The molecule has 0 unspecified atom stereocenters. The molecule has 3 rings (SSSR count). The minimum absolute atomic E-state index is 0.0608. The van der Waals surface area contributed by atoms with Crippen molar-refractivity contribution in [2.24, 2.45) is 11.3 Å². The SMILES string of the molecule is COCO[C@H]1C/C(C)=C\C[C@]2(C)CC[C@H]3O[C@]32[C@@H](O)C[C@H](C)C1. The number of rotatable bonds is 3. The van der Waals surface area contributed by atoms with Crippen LogP contribution in [0.4, 0.5) is 0 Å². The van der Waals surface area contributed by atoms with Crippen LogP contribution in [0.2, 0.25) is 0 Å². The third-order valence-electron chi connectivity index (χ3n) is 6.32. The number of aliphatic hydroxyl groups excluding tert-OH is 1. The predicted octanol–water partition coefficient (Wildman–Crippen LogP) is 3.43. The minimum atomic E-state index is -0.370. The van der Waals surface area contributed by atoms with E-state index in [9.17, 15) is 5.11 Å². The largest absolute Gasteiger partial charge is 0.390 e. The molecule has 0 radical (unpaired) electrons. The van der Waals surface area contributed by atoms with Crippen molar-refractivity contribution >= 4 is 0 Å². The van der Waals surface area contributed by atoms with E-state index in [2.05, 4.69) is 26.8 Å². The summed E-state index contributed by atoms with van der Waals surface area (Å²) >= 11 is 0. The van der Waals surface area contributed by atoms with Crippen LogP contribution in [0, 0.1) is 11.3 Å². The van der Waals surface area contributed by atoms with E-state index in [4.69, 9.17) is 14.2 Å². The van der Waals surface area contributed by atoms with E-state index >= 15 is 0 Å². The Morgan fingerprint density at radius 1 is 1.39 bits per heavy atom. The lowest BCUT2D eigenvalue weighted by atomic mass is 9.71. The number of methoxy groups -OCH3 is 1. The van der Waals surface area contributed by atoms with E-state index in [1.807, 2.05) is 0 Å². The van der Waals surface area contributed by atoms with Gasteiger partial charge in [0.1, 0.15) is 12.4 Å². The average molecular weight is 324 g/mol. The molecule has 1 aliphatic heterocycles. The molecule has 2 fully saturated rings. The van der Waals surface area contributed by atoms with Gasteiger partial charge >= 0.3 is 0 Å². The van der Waals surface area contributed by atoms with Gasteiger partial charge in [-0.2, -0.15) is 0 Å². The van der Waals surface area contributed by atoms with Gasteiger partial charge in [-0.3, -0.25) is 0 Å². The molecule has 3 aliphatic rings. The highest BCUT2D eigenvalue weighted by molar-refractivity contribution is 5.23. The highest BCUT2D eigenvalue weighted by atomic mass is 16.7. The Labute approximate surface area is 140 Å². The molecule has 23 heavy (non-hydrogen) atoms. The molecule has 0 amide bonds. The summed E-state index contributed by atoms with van der Waals surface area (Å²) in [7, 11) is 1.66. The highest BCUT2D eigenvalue weighted by Gasteiger charge is 2.73. The maximum Gasteiger partial charge on any atom is 0.146 e. The van der Waals surface area contributed by atoms with Crippen LogP contribution in [0.1, 0.15) is 59.3 Å². The molecule has 4 nitrogen and oxygen atoms in total. The quantitative estimate of drug-likeness (QED) is 0.491. The van der Waals surface area contributed by atoms with Crippen molar-refractivity contribution in [3.8, 4) is 0 Å². The van der Waals surface area contributed by atoms with Gasteiger partial charge in [-0.15, -0.1) is 0 Å². The molecular formula is C19H32O4. The summed E-state index contributed by atoms with van der Waals surface area (Å²) in [6, 6.07) is 0. The monoisotopic (exact) mass is 324 g/mol. The number of hydrogen-bond donors (Lipinski definition) is 1. The lowest BCUT2D eigenvalue weighted by Gasteiger charge is -2.36. The van der Waals surface area contributed by atoms with Gasteiger partial charge in [-0.25, -0.2) is 0 Å². The number of allylic oxidation sites excluding steroid dienone is 1. The van der Waals surface area contributed by atoms with Gasteiger partial charge in [0, 0.05) is 12.5 Å². The van der Waals surface area contributed by atoms with Crippen molar-refractivity contribution in [2.75, 3.05) is 13.9 Å². The van der Waals surface area contributed by atoms with Crippen molar-refractivity contribution in [1.82, 2.24) is 0 Å². The maximum absolute atomic E-state index is 10.9. The fourth-order valence-corrected chi connectivity index (χ4v) is 4.93. The van der Waals surface area contributed by atoms with Gasteiger partial charge in [0.2, 0.25) is 0 Å². The summed E-state index contributed by atoms with van der Waals surface area (Å²) < 4.78 is 17.0. The highest BCUT2D eigenvalue weighted by Crippen LogP contribution is 2.65. The van der Waals surface area contributed by atoms with Gasteiger partial charge < -0.3 is 19.3 Å². The first kappa shape index (κ1) is 17.4. The van der Waals surface area contributed by atoms with E-state index < -0.39 is 0 Å². The topological polar surface area (TPSA) is 51.2 Å². The number of ether oxygens (including phenoxy) is 3. The minimum Gasteiger partial charge on any atom is -0.390 e. The molecule has 1 spiro atoms. The van der Waals surface area contributed by atoms with Crippen LogP contribution >= 0.6 is 0 Å². The lowest BCUT2D eigenvalue weighted by Crippen LogP contribution is -2.44. The van der Waals surface area contributed by atoms with Crippen LogP contribution < -0.4 is 0 Å². The Balaban J connectivity index is 1.80. The smallest absolute Gasteiger partial charge is 0.146 e. The summed E-state index contributed by atoms with van der Waals surface area (Å²) in [4.78, 5) is 0. The average Bonchev–Trinajstić information content (AvgIpc) is 3.18. The first-order valence-corrected chi connectivity index (χ1v) is 9.03. The fourth-order valence-electron chi connectivity index (χ4n) is 4.93. The van der Waals surface area contributed by atoms with Crippen molar-refractivity contribution in [2.45, 2.75) is 83.2 Å².